The Hall–Kier alpha value is 1.17. The second kappa shape index (κ2) is 22.2. The maximum absolute atomic E-state index is 3.57. The molecule has 0 saturated carbocycles. The van der Waals surface area contributed by atoms with Crippen molar-refractivity contribution in [3.8, 4) is 0 Å². The van der Waals surface area contributed by atoms with E-state index in [1.165, 1.54) is 97.1 Å². The van der Waals surface area contributed by atoms with Gasteiger partial charge in [0.2, 0.25) is 0 Å². The van der Waals surface area contributed by atoms with Gasteiger partial charge in [0.25, 0.3) is 0 Å². The van der Waals surface area contributed by atoms with E-state index in [0.29, 0.717) is 0 Å². The monoisotopic (exact) mass is 387 g/mol. The van der Waals surface area contributed by atoms with Gasteiger partial charge in [0.05, 0.1) is 0 Å². The Morgan fingerprint density at radius 2 is 0.864 bits per heavy atom. The first-order valence-electron chi connectivity index (χ1n) is 8.49. The number of rotatable bonds is 0. The first kappa shape index (κ1) is 28.0. The van der Waals surface area contributed by atoms with Crippen LogP contribution >= 0.6 is 0 Å². The maximum atomic E-state index is 3.57. The minimum Gasteiger partial charge on any atom is -1.00 e. The zero-order chi connectivity index (χ0) is 13.6. The van der Waals surface area contributed by atoms with E-state index in [1.807, 2.05) is 0 Å². The van der Waals surface area contributed by atoms with Gasteiger partial charge < -0.3 is 40.3 Å². The minimum absolute atomic E-state index is 0. The average molecular weight is 388 g/mol. The summed E-state index contributed by atoms with van der Waals surface area (Å²) in [4.78, 5) is 2.50. The molecule has 22 heavy (non-hydrogen) atoms. The van der Waals surface area contributed by atoms with Gasteiger partial charge in [-0.15, -0.1) is 0 Å². The molecule has 1 aliphatic heterocycles. The van der Waals surface area contributed by atoms with Crippen LogP contribution < -0.4 is 35.4 Å². The molecule has 0 aliphatic carbocycles. The largest absolute Gasteiger partial charge is 1.00 e. The van der Waals surface area contributed by atoms with Crippen molar-refractivity contribution in [3.63, 3.8) is 0 Å². The van der Waals surface area contributed by atoms with Crippen molar-refractivity contribution >= 4 is 0 Å². The van der Waals surface area contributed by atoms with Crippen LogP contribution in [0.4, 0.5) is 0 Å². The number of nitrogens with one attached hydrogen (secondary N) is 2. The number of halogens is 2. The van der Waals surface area contributed by atoms with Crippen molar-refractivity contribution in [2.75, 3.05) is 46.3 Å². The summed E-state index contributed by atoms with van der Waals surface area (Å²) >= 11 is 0. The summed E-state index contributed by atoms with van der Waals surface area (Å²) < 4.78 is 0. The third-order valence-electron chi connectivity index (χ3n) is 3.99. The quantitative estimate of drug-likeness (QED) is 0.425. The zero-order valence-electron chi connectivity index (χ0n) is 14.3. The van der Waals surface area contributed by atoms with Gasteiger partial charge in [0.1, 0.15) is 0 Å². The predicted octanol–water partition coefficient (Wildman–Crippen LogP) is -3.37. The molecule has 0 unspecified atom stereocenters. The normalized spacial score (nSPS) is 21.1. The third-order valence-corrected chi connectivity index (χ3v) is 3.99. The SMILES string of the molecule is CN1CCCCCNCCCCCNCCCCC1.[Cl-].[Cl-].[Ti]. The molecule has 2 N–H and O–H groups in total. The Kier molecular flexibility index (Phi) is 28.2. The molecule has 3 nitrogen and oxygen atoms in total. The van der Waals surface area contributed by atoms with Gasteiger partial charge >= 0.3 is 0 Å². The molecule has 6 heteroatoms. The number of nitrogens with zero attached hydrogens (tertiary/aromatic N) is 1. The van der Waals surface area contributed by atoms with Crippen LogP contribution in [-0.2, 0) is 21.7 Å². The molecular weight excluding hydrogens is 353 g/mol. The molecule has 1 saturated heterocycles. The topological polar surface area (TPSA) is 27.3 Å². The van der Waals surface area contributed by atoms with E-state index in [9.17, 15) is 0 Å². The molecule has 0 radical (unpaired) electrons. The smallest absolute Gasteiger partial charge is 0 e. The molecule has 134 valence electrons. The van der Waals surface area contributed by atoms with E-state index in [0.717, 1.165) is 0 Å². The Morgan fingerprint density at radius 3 is 1.23 bits per heavy atom. The Morgan fingerprint density at radius 1 is 0.545 bits per heavy atom. The van der Waals surface area contributed by atoms with Gasteiger partial charge in [-0.1, -0.05) is 19.3 Å². The second-order valence-corrected chi connectivity index (χ2v) is 5.99. The van der Waals surface area contributed by atoms with Crippen LogP contribution in [0.1, 0.15) is 57.8 Å². The predicted molar refractivity (Wildman–Crippen MR) is 84.8 cm³/mol. The van der Waals surface area contributed by atoms with E-state index in [4.69, 9.17) is 0 Å². The van der Waals surface area contributed by atoms with Gasteiger partial charge in [-0.2, -0.15) is 0 Å². The first-order valence-corrected chi connectivity index (χ1v) is 8.49. The summed E-state index contributed by atoms with van der Waals surface area (Å²) in [7, 11) is 2.27. The molecule has 0 amide bonds. The van der Waals surface area contributed by atoms with Gasteiger partial charge in [0.15, 0.2) is 0 Å². The summed E-state index contributed by atoms with van der Waals surface area (Å²) in [6.45, 7) is 7.39. The summed E-state index contributed by atoms with van der Waals surface area (Å²) in [5, 5.41) is 7.13. The van der Waals surface area contributed by atoms with Crippen LogP contribution in [0.5, 0.6) is 0 Å². The summed E-state index contributed by atoms with van der Waals surface area (Å²) in [6.07, 6.45) is 12.2. The molecule has 1 fully saturated rings. The minimum atomic E-state index is 0. The zero-order valence-corrected chi connectivity index (χ0v) is 17.4. The van der Waals surface area contributed by atoms with Gasteiger partial charge in [0, 0.05) is 21.7 Å². The van der Waals surface area contributed by atoms with Crippen LogP contribution in [0.3, 0.4) is 0 Å². The van der Waals surface area contributed by atoms with Gasteiger partial charge in [-0.25, -0.2) is 0 Å². The first-order chi connectivity index (χ1) is 9.39. The molecule has 0 aromatic heterocycles. The molecular formula is C16H35Cl2N3Ti-2. The molecule has 0 atom stereocenters. The van der Waals surface area contributed by atoms with E-state index in [-0.39, 0.29) is 46.5 Å². The molecule has 0 aromatic rings. The molecule has 1 rings (SSSR count). The van der Waals surface area contributed by atoms with Crippen molar-refractivity contribution in [2.24, 2.45) is 0 Å². The fraction of sp³-hybridized carbons (Fsp3) is 1.00. The van der Waals surface area contributed by atoms with E-state index >= 15 is 0 Å². The molecule has 0 bridgehead atoms. The van der Waals surface area contributed by atoms with E-state index in [2.05, 4.69) is 22.6 Å². The van der Waals surface area contributed by atoms with Gasteiger partial charge in [-0.3, -0.25) is 0 Å². The standard InChI is InChI=1S/C16H35N3.2ClH.Ti/c1-19-15-9-3-7-13-17-11-5-2-6-12-18-14-8-4-10-16-19;;;/h17-18H,2-16H2,1H3;2*1H;/p-2. The molecule has 1 aliphatic rings. The summed E-state index contributed by atoms with van der Waals surface area (Å²) in [6, 6.07) is 0. The van der Waals surface area contributed by atoms with Crippen molar-refractivity contribution in [1.82, 2.24) is 15.5 Å². The number of hydrogen-bond donors (Lipinski definition) is 2. The van der Waals surface area contributed by atoms with Crippen molar-refractivity contribution in [2.45, 2.75) is 57.8 Å². The average Bonchev–Trinajstić information content (AvgIpc) is 2.41. The fourth-order valence-corrected chi connectivity index (χ4v) is 2.66. The fourth-order valence-electron chi connectivity index (χ4n) is 2.66. The van der Waals surface area contributed by atoms with Crippen molar-refractivity contribution in [1.29, 1.82) is 0 Å². The van der Waals surface area contributed by atoms with Crippen LogP contribution in [0, 0.1) is 0 Å². The third kappa shape index (κ3) is 19.2. The van der Waals surface area contributed by atoms with Crippen LogP contribution in [0.25, 0.3) is 0 Å². The summed E-state index contributed by atoms with van der Waals surface area (Å²) in [5.41, 5.74) is 0. The van der Waals surface area contributed by atoms with Gasteiger partial charge in [-0.05, 0) is 84.8 Å². The molecule has 0 spiro atoms. The molecule has 1 heterocycles. The number of hydrogen-bond acceptors (Lipinski definition) is 3. The Bertz CT molecular complexity index is 182. The maximum Gasteiger partial charge on any atom is 0 e. The summed E-state index contributed by atoms with van der Waals surface area (Å²) in [5.74, 6) is 0. The van der Waals surface area contributed by atoms with Crippen LogP contribution in [0.15, 0.2) is 0 Å². The Labute approximate surface area is 165 Å². The Balaban J connectivity index is -0.00000120. The van der Waals surface area contributed by atoms with Crippen molar-refractivity contribution in [3.05, 3.63) is 0 Å². The molecule has 0 aromatic carbocycles. The van der Waals surface area contributed by atoms with E-state index < -0.39 is 0 Å². The van der Waals surface area contributed by atoms with Crippen molar-refractivity contribution < 1.29 is 46.5 Å². The van der Waals surface area contributed by atoms with Crippen LogP contribution in [0.2, 0.25) is 0 Å². The second-order valence-electron chi connectivity index (χ2n) is 5.99. The van der Waals surface area contributed by atoms with Crippen LogP contribution in [-0.4, -0.2) is 51.2 Å². The van der Waals surface area contributed by atoms with E-state index in [1.54, 1.807) is 0 Å².